The van der Waals surface area contributed by atoms with Crippen LogP contribution in [0, 0.1) is 0 Å². The SMILES string of the molecule is O=C(CN1CCOCC1C(=O)NC1CC1)c1ccc[nH]1. The third kappa shape index (κ3) is 3.08. The number of carbonyl (C=O) groups is 2. The van der Waals surface area contributed by atoms with E-state index < -0.39 is 0 Å². The van der Waals surface area contributed by atoms with E-state index in [2.05, 4.69) is 10.3 Å². The summed E-state index contributed by atoms with van der Waals surface area (Å²) in [5.74, 6) is -0.0207. The molecule has 0 bridgehead atoms. The lowest BCUT2D eigenvalue weighted by Crippen LogP contribution is -2.55. The van der Waals surface area contributed by atoms with Crippen LogP contribution in [0.1, 0.15) is 23.3 Å². The van der Waals surface area contributed by atoms with E-state index in [9.17, 15) is 9.59 Å². The summed E-state index contributed by atoms with van der Waals surface area (Å²) in [7, 11) is 0. The summed E-state index contributed by atoms with van der Waals surface area (Å²) in [5, 5.41) is 2.98. The largest absolute Gasteiger partial charge is 0.378 e. The highest BCUT2D eigenvalue weighted by atomic mass is 16.5. The van der Waals surface area contributed by atoms with Gasteiger partial charge in [-0.05, 0) is 25.0 Å². The number of aromatic nitrogens is 1. The van der Waals surface area contributed by atoms with Gasteiger partial charge < -0.3 is 15.0 Å². The van der Waals surface area contributed by atoms with Gasteiger partial charge in [-0.3, -0.25) is 14.5 Å². The molecule has 1 aromatic rings. The fourth-order valence-electron chi connectivity index (χ4n) is 2.37. The number of hydrogen-bond donors (Lipinski definition) is 2. The number of amides is 1. The Morgan fingerprint density at radius 2 is 2.30 bits per heavy atom. The average Bonchev–Trinajstić information content (AvgIpc) is 3.08. The van der Waals surface area contributed by atoms with Gasteiger partial charge in [0, 0.05) is 18.8 Å². The fourth-order valence-corrected chi connectivity index (χ4v) is 2.37. The molecule has 0 spiro atoms. The van der Waals surface area contributed by atoms with Crippen LogP contribution < -0.4 is 5.32 Å². The number of nitrogens with zero attached hydrogens (tertiary/aromatic N) is 1. The topological polar surface area (TPSA) is 74.4 Å². The monoisotopic (exact) mass is 277 g/mol. The molecule has 20 heavy (non-hydrogen) atoms. The molecule has 1 unspecified atom stereocenters. The van der Waals surface area contributed by atoms with E-state index in [1.54, 1.807) is 18.3 Å². The van der Waals surface area contributed by atoms with Gasteiger partial charge in [0.2, 0.25) is 5.91 Å². The second-order valence-corrected chi connectivity index (χ2v) is 5.35. The van der Waals surface area contributed by atoms with Crippen molar-refractivity contribution in [2.24, 2.45) is 0 Å². The van der Waals surface area contributed by atoms with Gasteiger partial charge in [-0.2, -0.15) is 0 Å². The Kier molecular flexibility index (Phi) is 3.84. The maximum Gasteiger partial charge on any atom is 0.239 e. The van der Waals surface area contributed by atoms with E-state index in [-0.39, 0.29) is 24.3 Å². The average molecular weight is 277 g/mol. The molecule has 2 aliphatic rings. The number of rotatable bonds is 5. The van der Waals surface area contributed by atoms with E-state index in [1.165, 1.54) is 0 Å². The third-order valence-electron chi connectivity index (χ3n) is 3.71. The van der Waals surface area contributed by atoms with Crippen LogP contribution in [0.3, 0.4) is 0 Å². The predicted octanol–water partition coefficient (Wildman–Crippen LogP) is 0.177. The van der Waals surface area contributed by atoms with Crippen molar-refractivity contribution in [2.45, 2.75) is 24.9 Å². The van der Waals surface area contributed by atoms with E-state index in [4.69, 9.17) is 4.74 Å². The van der Waals surface area contributed by atoms with Crippen LogP contribution in [0.25, 0.3) is 0 Å². The standard InChI is InChI=1S/C14H19N3O3/c18-13(11-2-1-5-15-11)8-17-6-7-20-9-12(17)14(19)16-10-3-4-10/h1-2,5,10,12,15H,3-4,6-9H2,(H,16,19). The Hall–Kier alpha value is -1.66. The molecule has 1 aliphatic heterocycles. The first kappa shape index (κ1) is 13.3. The summed E-state index contributed by atoms with van der Waals surface area (Å²) in [4.78, 5) is 29.1. The third-order valence-corrected chi connectivity index (χ3v) is 3.71. The highest BCUT2D eigenvalue weighted by Gasteiger charge is 2.34. The molecule has 2 fully saturated rings. The second-order valence-electron chi connectivity index (χ2n) is 5.35. The molecule has 3 rings (SSSR count). The van der Waals surface area contributed by atoms with Gasteiger partial charge >= 0.3 is 0 Å². The molecule has 6 nitrogen and oxygen atoms in total. The second kappa shape index (κ2) is 5.76. The highest BCUT2D eigenvalue weighted by Crippen LogP contribution is 2.19. The van der Waals surface area contributed by atoms with Crippen molar-refractivity contribution < 1.29 is 14.3 Å². The molecule has 1 aromatic heterocycles. The lowest BCUT2D eigenvalue weighted by molar-refractivity contribution is -0.132. The lowest BCUT2D eigenvalue weighted by Gasteiger charge is -2.33. The van der Waals surface area contributed by atoms with Crippen LogP contribution >= 0.6 is 0 Å². The molecule has 1 saturated carbocycles. The van der Waals surface area contributed by atoms with E-state index in [0.717, 1.165) is 12.8 Å². The summed E-state index contributed by atoms with van der Waals surface area (Å²) >= 11 is 0. The van der Waals surface area contributed by atoms with Gasteiger partial charge in [0.05, 0.1) is 25.5 Å². The summed E-state index contributed by atoms with van der Waals surface area (Å²) < 4.78 is 5.39. The maximum absolute atomic E-state index is 12.2. The Morgan fingerprint density at radius 3 is 3.00 bits per heavy atom. The van der Waals surface area contributed by atoms with Crippen LogP contribution in [0.4, 0.5) is 0 Å². The Morgan fingerprint density at radius 1 is 1.45 bits per heavy atom. The van der Waals surface area contributed by atoms with Crippen molar-refractivity contribution in [3.63, 3.8) is 0 Å². The minimum atomic E-state index is -0.358. The molecule has 108 valence electrons. The van der Waals surface area contributed by atoms with Crippen LogP contribution in [0.5, 0.6) is 0 Å². The molecule has 0 radical (unpaired) electrons. The van der Waals surface area contributed by atoms with Crippen molar-refractivity contribution in [3.8, 4) is 0 Å². The van der Waals surface area contributed by atoms with Gasteiger partial charge in [0.15, 0.2) is 5.78 Å². The highest BCUT2D eigenvalue weighted by molar-refractivity contribution is 5.96. The minimum absolute atomic E-state index is 0.00104. The van der Waals surface area contributed by atoms with Crippen molar-refractivity contribution in [1.29, 1.82) is 0 Å². The Balaban J connectivity index is 1.62. The van der Waals surface area contributed by atoms with Gasteiger partial charge in [0.1, 0.15) is 6.04 Å². The molecule has 1 saturated heterocycles. The van der Waals surface area contributed by atoms with Crippen LogP contribution in [0.2, 0.25) is 0 Å². The smallest absolute Gasteiger partial charge is 0.239 e. The van der Waals surface area contributed by atoms with E-state index >= 15 is 0 Å². The van der Waals surface area contributed by atoms with Gasteiger partial charge in [-0.1, -0.05) is 0 Å². The number of carbonyl (C=O) groups excluding carboxylic acids is 2. The zero-order valence-electron chi connectivity index (χ0n) is 11.3. The Labute approximate surface area is 117 Å². The number of ketones is 1. The lowest BCUT2D eigenvalue weighted by atomic mass is 10.1. The molecule has 6 heteroatoms. The zero-order chi connectivity index (χ0) is 13.9. The number of hydrogen-bond acceptors (Lipinski definition) is 4. The zero-order valence-corrected chi connectivity index (χ0v) is 11.3. The molecular weight excluding hydrogens is 258 g/mol. The molecular formula is C14H19N3O3. The normalized spacial score (nSPS) is 23.5. The Bertz CT molecular complexity index is 482. The first-order valence-electron chi connectivity index (χ1n) is 7.03. The molecule has 1 atom stereocenters. The van der Waals surface area contributed by atoms with E-state index in [0.29, 0.717) is 31.5 Å². The molecule has 2 N–H and O–H groups in total. The summed E-state index contributed by atoms with van der Waals surface area (Å²) in [6, 6.07) is 3.51. The predicted molar refractivity (Wildman–Crippen MR) is 72.5 cm³/mol. The fraction of sp³-hybridized carbons (Fsp3) is 0.571. The van der Waals surface area contributed by atoms with Crippen molar-refractivity contribution in [1.82, 2.24) is 15.2 Å². The van der Waals surface area contributed by atoms with Crippen molar-refractivity contribution in [3.05, 3.63) is 24.0 Å². The number of nitrogens with one attached hydrogen (secondary N) is 2. The quantitative estimate of drug-likeness (QED) is 0.753. The molecule has 1 amide bonds. The van der Waals surface area contributed by atoms with Gasteiger partial charge in [-0.15, -0.1) is 0 Å². The van der Waals surface area contributed by atoms with E-state index in [1.807, 2.05) is 4.90 Å². The van der Waals surface area contributed by atoms with Crippen LogP contribution in [-0.2, 0) is 9.53 Å². The number of morpholine rings is 1. The van der Waals surface area contributed by atoms with Crippen molar-refractivity contribution in [2.75, 3.05) is 26.3 Å². The molecule has 0 aromatic carbocycles. The van der Waals surface area contributed by atoms with Crippen LogP contribution in [0.15, 0.2) is 18.3 Å². The number of aromatic amines is 1. The van der Waals surface area contributed by atoms with Gasteiger partial charge in [0.25, 0.3) is 0 Å². The molecule has 2 heterocycles. The summed E-state index contributed by atoms with van der Waals surface area (Å²) in [6.45, 7) is 1.77. The number of H-pyrrole nitrogens is 1. The van der Waals surface area contributed by atoms with Gasteiger partial charge in [-0.25, -0.2) is 0 Å². The number of ether oxygens (including phenoxy) is 1. The first-order valence-corrected chi connectivity index (χ1v) is 7.03. The van der Waals surface area contributed by atoms with Crippen LogP contribution in [-0.4, -0.2) is 60.0 Å². The first-order chi connectivity index (χ1) is 9.74. The van der Waals surface area contributed by atoms with Crippen molar-refractivity contribution >= 4 is 11.7 Å². The molecule has 1 aliphatic carbocycles. The number of Topliss-reactive ketones (excluding diaryl/α,β-unsaturated/α-hetero) is 1. The summed E-state index contributed by atoms with van der Waals surface area (Å²) in [5.41, 5.74) is 0.581. The maximum atomic E-state index is 12.2. The summed E-state index contributed by atoms with van der Waals surface area (Å²) in [6.07, 6.45) is 3.84. The minimum Gasteiger partial charge on any atom is -0.378 e.